The lowest BCUT2D eigenvalue weighted by Crippen LogP contribution is -2.43. The van der Waals surface area contributed by atoms with Crippen LogP contribution in [0.4, 0.5) is 0 Å². The van der Waals surface area contributed by atoms with E-state index in [-0.39, 0.29) is 17.2 Å². The van der Waals surface area contributed by atoms with Gasteiger partial charge in [-0.05, 0) is 67.5 Å². The largest absolute Gasteiger partial charge is 0.341 e. The minimum atomic E-state index is -0.107. The molecule has 0 aliphatic carbocycles. The maximum absolute atomic E-state index is 13.4. The standard InChI is InChI=1S/C25H29N3O2S/c1-16-11-17(2)14-27(13-16)23(29)15-31-25-26-22-8-6-5-7-21(22)24(30)28(25)20-10-9-18(3)19(4)12-20/h5-10,12,16-17H,11,13-15H2,1-4H3/t16-,17-/m1/s1. The number of thioether (sulfide) groups is 1. The van der Waals surface area contributed by atoms with Gasteiger partial charge in [-0.15, -0.1) is 0 Å². The van der Waals surface area contributed by atoms with E-state index >= 15 is 0 Å². The first-order chi connectivity index (χ1) is 14.8. The smallest absolute Gasteiger partial charge is 0.266 e. The van der Waals surface area contributed by atoms with Gasteiger partial charge in [0.25, 0.3) is 5.56 Å². The van der Waals surface area contributed by atoms with Crippen LogP contribution in [0.15, 0.2) is 52.4 Å². The van der Waals surface area contributed by atoms with Crippen molar-refractivity contribution in [2.45, 2.75) is 39.3 Å². The van der Waals surface area contributed by atoms with E-state index in [9.17, 15) is 9.59 Å². The van der Waals surface area contributed by atoms with Crippen molar-refractivity contribution >= 4 is 28.6 Å². The second-order valence-corrected chi connectivity index (χ2v) is 9.80. The highest BCUT2D eigenvalue weighted by Crippen LogP contribution is 2.25. The van der Waals surface area contributed by atoms with Crippen LogP contribution in [0, 0.1) is 25.7 Å². The number of hydrogen-bond acceptors (Lipinski definition) is 4. The van der Waals surface area contributed by atoms with E-state index in [1.807, 2.05) is 48.2 Å². The lowest BCUT2D eigenvalue weighted by molar-refractivity contribution is -0.130. The van der Waals surface area contributed by atoms with Crippen molar-refractivity contribution in [2.75, 3.05) is 18.8 Å². The highest BCUT2D eigenvalue weighted by Gasteiger charge is 2.26. The number of aromatic nitrogens is 2. The number of likely N-dealkylation sites (tertiary alicyclic amines) is 1. The molecular formula is C25H29N3O2S. The SMILES string of the molecule is Cc1ccc(-n2c(SCC(=O)N3C[C@H](C)C[C@@H](C)C3)nc3ccccc3c2=O)cc1C. The minimum absolute atomic E-state index is 0.107. The zero-order valence-corrected chi connectivity index (χ0v) is 19.4. The van der Waals surface area contributed by atoms with E-state index in [2.05, 4.69) is 20.8 Å². The second kappa shape index (κ2) is 8.87. The molecule has 1 saturated heterocycles. The average Bonchev–Trinajstić information content (AvgIpc) is 2.73. The van der Waals surface area contributed by atoms with Gasteiger partial charge in [-0.3, -0.25) is 14.2 Å². The van der Waals surface area contributed by atoms with Gasteiger partial charge < -0.3 is 4.90 Å². The number of aryl methyl sites for hydroxylation is 2. The predicted molar refractivity (Wildman–Crippen MR) is 127 cm³/mol. The van der Waals surface area contributed by atoms with Crippen molar-refractivity contribution in [1.82, 2.24) is 14.5 Å². The number of carbonyl (C=O) groups is 1. The van der Waals surface area contributed by atoms with Crippen molar-refractivity contribution in [3.63, 3.8) is 0 Å². The highest BCUT2D eigenvalue weighted by molar-refractivity contribution is 7.99. The van der Waals surface area contributed by atoms with Gasteiger partial charge in [0.15, 0.2) is 5.16 Å². The highest BCUT2D eigenvalue weighted by atomic mass is 32.2. The molecule has 162 valence electrons. The molecule has 6 heteroatoms. The number of piperidine rings is 1. The molecule has 1 fully saturated rings. The Hall–Kier alpha value is -2.60. The van der Waals surface area contributed by atoms with Crippen molar-refractivity contribution < 1.29 is 4.79 Å². The van der Waals surface area contributed by atoms with Crippen LogP contribution in [0.2, 0.25) is 0 Å². The molecule has 31 heavy (non-hydrogen) atoms. The Balaban J connectivity index is 1.70. The molecule has 1 aromatic heterocycles. The number of benzene rings is 2. The Morgan fingerprint density at radius 2 is 1.77 bits per heavy atom. The Morgan fingerprint density at radius 1 is 1.06 bits per heavy atom. The molecule has 2 heterocycles. The van der Waals surface area contributed by atoms with Gasteiger partial charge in [-0.1, -0.05) is 43.8 Å². The van der Waals surface area contributed by atoms with E-state index in [4.69, 9.17) is 4.98 Å². The van der Waals surface area contributed by atoms with Crippen molar-refractivity contribution in [1.29, 1.82) is 0 Å². The van der Waals surface area contributed by atoms with Gasteiger partial charge in [-0.25, -0.2) is 4.98 Å². The lowest BCUT2D eigenvalue weighted by atomic mass is 9.92. The summed E-state index contributed by atoms with van der Waals surface area (Å²) >= 11 is 1.35. The molecule has 0 saturated carbocycles. The molecule has 1 aliphatic heterocycles. The number of para-hydroxylation sites is 1. The van der Waals surface area contributed by atoms with Crippen LogP contribution in [0.25, 0.3) is 16.6 Å². The summed E-state index contributed by atoms with van der Waals surface area (Å²) in [6.45, 7) is 10.1. The minimum Gasteiger partial charge on any atom is -0.341 e. The summed E-state index contributed by atoms with van der Waals surface area (Å²) < 4.78 is 1.65. The van der Waals surface area contributed by atoms with Gasteiger partial charge in [0.2, 0.25) is 5.91 Å². The van der Waals surface area contributed by atoms with Crippen molar-refractivity contribution in [3.8, 4) is 5.69 Å². The number of hydrogen-bond donors (Lipinski definition) is 0. The zero-order chi connectivity index (χ0) is 22.1. The number of amides is 1. The van der Waals surface area contributed by atoms with Crippen molar-refractivity contribution in [3.05, 3.63) is 63.9 Å². The Labute approximate surface area is 187 Å². The third-order valence-electron chi connectivity index (χ3n) is 6.04. The normalized spacial score (nSPS) is 19.0. The maximum atomic E-state index is 13.4. The molecule has 0 spiro atoms. The molecular weight excluding hydrogens is 406 g/mol. The molecule has 4 rings (SSSR count). The fraction of sp³-hybridized carbons (Fsp3) is 0.400. The summed E-state index contributed by atoms with van der Waals surface area (Å²) in [6.07, 6.45) is 1.16. The van der Waals surface area contributed by atoms with Crippen LogP contribution in [0.3, 0.4) is 0 Å². The molecule has 1 aliphatic rings. The van der Waals surface area contributed by atoms with Gasteiger partial charge in [0, 0.05) is 13.1 Å². The molecule has 0 bridgehead atoms. The summed E-state index contributed by atoms with van der Waals surface area (Å²) in [6, 6.07) is 13.4. The van der Waals surface area contributed by atoms with E-state index in [1.165, 1.54) is 17.3 Å². The Bertz CT molecular complexity index is 1180. The third kappa shape index (κ3) is 4.54. The van der Waals surface area contributed by atoms with E-state index in [0.717, 1.165) is 30.8 Å². The summed E-state index contributed by atoms with van der Waals surface area (Å²) in [5.74, 6) is 1.42. The summed E-state index contributed by atoms with van der Waals surface area (Å²) in [7, 11) is 0. The van der Waals surface area contributed by atoms with Crippen LogP contribution in [-0.4, -0.2) is 39.2 Å². The van der Waals surface area contributed by atoms with Gasteiger partial charge in [0.1, 0.15) is 0 Å². The molecule has 5 nitrogen and oxygen atoms in total. The molecule has 2 aromatic carbocycles. The molecule has 0 unspecified atom stereocenters. The first-order valence-electron chi connectivity index (χ1n) is 10.8. The first-order valence-corrected chi connectivity index (χ1v) is 11.8. The Kier molecular flexibility index (Phi) is 6.19. The molecule has 3 aromatic rings. The van der Waals surface area contributed by atoms with Gasteiger partial charge in [-0.2, -0.15) is 0 Å². The fourth-order valence-corrected chi connectivity index (χ4v) is 5.30. The first kappa shape index (κ1) is 21.6. The number of carbonyl (C=O) groups excluding carboxylic acids is 1. The number of fused-ring (bicyclic) bond motifs is 1. The lowest BCUT2D eigenvalue weighted by Gasteiger charge is -2.35. The summed E-state index contributed by atoms with van der Waals surface area (Å²) in [4.78, 5) is 33.1. The van der Waals surface area contributed by atoms with Crippen LogP contribution in [0.1, 0.15) is 31.4 Å². The van der Waals surface area contributed by atoms with Gasteiger partial charge >= 0.3 is 0 Å². The van der Waals surface area contributed by atoms with E-state index in [1.54, 1.807) is 10.6 Å². The third-order valence-corrected chi connectivity index (χ3v) is 6.96. The monoisotopic (exact) mass is 435 g/mol. The Morgan fingerprint density at radius 3 is 2.48 bits per heavy atom. The van der Waals surface area contributed by atoms with Crippen LogP contribution < -0.4 is 5.56 Å². The fourth-order valence-electron chi connectivity index (χ4n) is 4.39. The molecule has 1 amide bonds. The average molecular weight is 436 g/mol. The zero-order valence-electron chi connectivity index (χ0n) is 18.6. The number of rotatable bonds is 4. The van der Waals surface area contributed by atoms with Crippen LogP contribution in [-0.2, 0) is 4.79 Å². The topological polar surface area (TPSA) is 55.2 Å². The van der Waals surface area contributed by atoms with Crippen LogP contribution >= 0.6 is 11.8 Å². The summed E-state index contributed by atoms with van der Waals surface area (Å²) in [5, 5.41) is 1.13. The van der Waals surface area contributed by atoms with Gasteiger partial charge in [0.05, 0.1) is 22.3 Å². The van der Waals surface area contributed by atoms with E-state index < -0.39 is 0 Å². The predicted octanol–water partition coefficient (Wildman–Crippen LogP) is 4.60. The van der Waals surface area contributed by atoms with Crippen LogP contribution in [0.5, 0.6) is 0 Å². The number of nitrogens with zero attached hydrogens (tertiary/aromatic N) is 3. The molecule has 2 atom stereocenters. The maximum Gasteiger partial charge on any atom is 0.266 e. The van der Waals surface area contributed by atoms with E-state index in [0.29, 0.717) is 27.9 Å². The molecule has 0 N–H and O–H groups in total. The second-order valence-electron chi connectivity index (χ2n) is 8.85. The summed E-state index contributed by atoms with van der Waals surface area (Å²) in [5.41, 5.74) is 3.61. The quantitative estimate of drug-likeness (QED) is 0.444. The van der Waals surface area contributed by atoms with Crippen molar-refractivity contribution in [2.24, 2.45) is 11.8 Å². The molecule has 0 radical (unpaired) electrons.